The number of nitrogens with zero attached hydrogens (tertiary/aromatic N) is 2. The van der Waals surface area contributed by atoms with Crippen molar-refractivity contribution >= 4 is 11.6 Å². The molecule has 0 spiro atoms. The zero-order chi connectivity index (χ0) is 15.4. The van der Waals surface area contributed by atoms with Crippen LogP contribution in [0.5, 0.6) is 0 Å². The van der Waals surface area contributed by atoms with Crippen LogP contribution in [-0.2, 0) is 0 Å². The van der Waals surface area contributed by atoms with Crippen LogP contribution in [-0.4, -0.2) is 48.6 Å². The second-order valence-corrected chi connectivity index (χ2v) is 6.05. The van der Waals surface area contributed by atoms with Gasteiger partial charge in [-0.2, -0.15) is 0 Å². The highest BCUT2D eigenvalue weighted by Crippen LogP contribution is 2.28. The number of halogens is 2. The van der Waals surface area contributed by atoms with Crippen LogP contribution in [0.1, 0.15) is 31.9 Å². The molecule has 0 bridgehead atoms. The first-order valence-electron chi connectivity index (χ1n) is 7.73. The predicted octanol–water partition coefficient (Wildman–Crippen LogP) is 2.90. The summed E-state index contributed by atoms with van der Waals surface area (Å²) in [6, 6.07) is 5.32. The molecule has 2 atom stereocenters. The van der Waals surface area contributed by atoms with Crippen LogP contribution in [0, 0.1) is 5.82 Å². The molecule has 118 valence electrons. The third-order valence-corrected chi connectivity index (χ3v) is 4.68. The summed E-state index contributed by atoms with van der Waals surface area (Å²) in [5, 5.41) is 0.433. The standard InChI is InChI=1S/C16H25ClFN3/c1-3-20(4-2)15-5-6-21(11-15)16(10-19)12-7-13(17)9-14(18)8-12/h7-9,15-16H,3-6,10-11,19H2,1-2H3. The van der Waals surface area contributed by atoms with Crippen molar-refractivity contribution in [2.24, 2.45) is 5.73 Å². The van der Waals surface area contributed by atoms with Gasteiger partial charge in [0.05, 0.1) is 0 Å². The largest absolute Gasteiger partial charge is 0.329 e. The van der Waals surface area contributed by atoms with Crippen molar-refractivity contribution in [2.75, 3.05) is 32.7 Å². The zero-order valence-electron chi connectivity index (χ0n) is 12.9. The Labute approximate surface area is 131 Å². The molecule has 1 fully saturated rings. The molecular weight excluding hydrogens is 289 g/mol. The third-order valence-electron chi connectivity index (χ3n) is 4.46. The monoisotopic (exact) mass is 313 g/mol. The Kier molecular flexibility index (Phi) is 5.99. The summed E-state index contributed by atoms with van der Waals surface area (Å²) in [7, 11) is 0. The van der Waals surface area contributed by atoms with Gasteiger partial charge < -0.3 is 5.73 Å². The van der Waals surface area contributed by atoms with Gasteiger partial charge in [0.15, 0.2) is 0 Å². The van der Waals surface area contributed by atoms with Crippen molar-refractivity contribution in [2.45, 2.75) is 32.4 Å². The van der Waals surface area contributed by atoms with Gasteiger partial charge in [0.25, 0.3) is 0 Å². The second kappa shape index (κ2) is 7.54. The first-order valence-corrected chi connectivity index (χ1v) is 8.11. The molecule has 0 saturated carbocycles. The highest BCUT2D eigenvalue weighted by atomic mass is 35.5. The summed E-state index contributed by atoms with van der Waals surface area (Å²) in [6.07, 6.45) is 1.14. The van der Waals surface area contributed by atoms with Crippen LogP contribution in [0.4, 0.5) is 4.39 Å². The van der Waals surface area contributed by atoms with E-state index in [-0.39, 0.29) is 11.9 Å². The van der Waals surface area contributed by atoms with Crippen LogP contribution >= 0.6 is 11.6 Å². The molecule has 0 amide bonds. The molecule has 21 heavy (non-hydrogen) atoms. The van der Waals surface area contributed by atoms with Gasteiger partial charge in [-0.25, -0.2) is 4.39 Å². The van der Waals surface area contributed by atoms with E-state index in [0.29, 0.717) is 17.6 Å². The number of likely N-dealkylation sites (N-methyl/N-ethyl adjacent to an activating group) is 1. The van der Waals surface area contributed by atoms with Crippen molar-refractivity contribution in [3.05, 3.63) is 34.6 Å². The highest BCUT2D eigenvalue weighted by molar-refractivity contribution is 6.30. The molecule has 1 heterocycles. The molecule has 1 aromatic rings. The molecule has 2 rings (SSSR count). The van der Waals surface area contributed by atoms with E-state index in [1.54, 1.807) is 6.07 Å². The molecule has 1 aliphatic rings. The Morgan fingerprint density at radius 2 is 2.10 bits per heavy atom. The van der Waals surface area contributed by atoms with Gasteiger partial charge in [0.2, 0.25) is 0 Å². The fraction of sp³-hybridized carbons (Fsp3) is 0.625. The Morgan fingerprint density at radius 1 is 1.38 bits per heavy atom. The minimum absolute atomic E-state index is 0.0405. The fourth-order valence-corrected chi connectivity index (χ4v) is 3.58. The number of benzene rings is 1. The number of nitrogens with two attached hydrogens (primary N) is 1. The molecule has 2 unspecified atom stereocenters. The molecule has 1 saturated heterocycles. The van der Waals surface area contributed by atoms with E-state index in [4.69, 9.17) is 17.3 Å². The molecule has 0 aromatic heterocycles. The van der Waals surface area contributed by atoms with Crippen molar-refractivity contribution in [3.63, 3.8) is 0 Å². The van der Waals surface area contributed by atoms with E-state index in [9.17, 15) is 4.39 Å². The lowest BCUT2D eigenvalue weighted by atomic mass is 10.1. The van der Waals surface area contributed by atoms with Crippen LogP contribution in [0.25, 0.3) is 0 Å². The van der Waals surface area contributed by atoms with E-state index in [1.807, 2.05) is 6.07 Å². The van der Waals surface area contributed by atoms with Crippen molar-refractivity contribution in [3.8, 4) is 0 Å². The van der Waals surface area contributed by atoms with E-state index < -0.39 is 0 Å². The number of hydrogen-bond donors (Lipinski definition) is 1. The Hall–Kier alpha value is -0.680. The topological polar surface area (TPSA) is 32.5 Å². The maximum absolute atomic E-state index is 13.6. The smallest absolute Gasteiger partial charge is 0.125 e. The Balaban J connectivity index is 2.12. The average molecular weight is 314 g/mol. The fourth-order valence-electron chi connectivity index (χ4n) is 3.35. The highest BCUT2D eigenvalue weighted by Gasteiger charge is 2.31. The van der Waals surface area contributed by atoms with E-state index in [0.717, 1.165) is 38.2 Å². The van der Waals surface area contributed by atoms with Crippen molar-refractivity contribution in [1.82, 2.24) is 9.80 Å². The van der Waals surface area contributed by atoms with Crippen LogP contribution in [0.3, 0.4) is 0 Å². The SMILES string of the molecule is CCN(CC)C1CCN(C(CN)c2cc(F)cc(Cl)c2)C1. The summed E-state index contributed by atoms with van der Waals surface area (Å²) in [6.45, 7) is 8.97. The van der Waals surface area contributed by atoms with Crippen LogP contribution < -0.4 is 5.73 Å². The summed E-state index contributed by atoms with van der Waals surface area (Å²) in [4.78, 5) is 4.83. The average Bonchev–Trinajstić information content (AvgIpc) is 2.89. The molecule has 1 aromatic carbocycles. The van der Waals surface area contributed by atoms with Crippen molar-refractivity contribution < 1.29 is 4.39 Å². The summed E-state index contributed by atoms with van der Waals surface area (Å²) in [5.74, 6) is -0.296. The predicted molar refractivity (Wildman–Crippen MR) is 86.1 cm³/mol. The first kappa shape index (κ1) is 16.7. The molecule has 5 heteroatoms. The molecule has 2 N–H and O–H groups in total. The molecule has 1 aliphatic heterocycles. The van der Waals surface area contributed by atoms with E-state index in [2.05, 4.69) is 23.6 Å². The molecule has 0 radical (unpaired) electrons. The maximum Gasteiger partial charge on any atom is 0.125 e. The molecular formula is C16H25ClFN3. The lowest BCUT2D eigenvalue weighted by Gasteiger charge is -2.30. The van der Waals surface area contributed by atoms with E-state index in [1.165, 1.54) is 6.07 Å². The van der Waals surface area contributed by atoms with Gasteiger partial charge in [-0.05, 0) is 43.3 Å². The summed E-state index contributed by atoms with van der Waals surface area (Å²) in [5.41, 5.74) is 6.83. The molecule has 3 nitrogen and oxygen atoms in total. The second-order valence-electron chi connectivity index (χ2n) is 5.61. The lowest BCUT2D eigenvalue weighted by Crippen LogP contribution is -2.39. The first-order chi connectivity index (χ1) is 10.1. The van der Waals surface area contributed by atoms with Gasteiger partial charge >= 0.3 is 0 Å². The summed E-state index contributed by atoms with van der Waals surface area (Å²) >= 11 is 5.97. The third kappa shape index (κ3) is 3.95. The Bertz CT molecular complexity index is 445. The number of hydrogen-bond acceptors (Lipinski definition) is 3. The number of likely N-dealkylation sites (tertiary alicyclic amines) is 1. The number of rotatable bonds is 6. The quantitative estimate of drug-likeness (QED) is 0.876. The zero-order valence-corrected chi connectivity index (χ0v) is 13.6. The minimum atomic E-state index is -0.296. The van der Waals surface area contributed by atoms with Gasteiger partial charge in [-0.15, -0.1) is 0 Å². The van der Waals surface area contributed by atoms with Crippen LogP contribution in [0.2, 0.25) is 5.02 Å². The minimum Gasteiger partial charge on any atom is -0.329 e. The van der Waals surface area contributed by atoms with Gasteiger partial charge in [0, 0.05) is 36.7 Å². The van der Waals surface area contributed by atoms with Crippen molar-refractivity contribution in [1.29, 1.82) is 0 Å². The van der Waals surface area contributed by atoms with Gasteiger partial charge in [-0.3, -0.25) is 9.80 Å². The lowest BCUT2D eigenvalue weighted by molar-refractivity contribution is 0.189. The van der Waals surface area contributed by atoms with Gasteiger partial charge in [-0.1, -0.05) is 25.4 Å². The maximum atomic E-state index is 13.6. The molecule has 0 aliphatic carbocycles. The van der Waals surface area contributed by atoms with E-state index >= 15 is 0 Å². The summed E-state index contributed by atoms with van der Waals surface area (Å²) < 4.78 is 13.6. The van der Waals surface area contributed by atoms with Gasteiger partial charge in [0.1, 0.15) is 5.82 Å². The normalized spacial score (nSPS) is 21.1. The Morgan fingerprint density at radius 3 is 2.67 bits per heavy atom. The van der Waals surface area contributed by atoms with Crippen LogP contribution in [0.15, 0.2) is 18.2 Å².